The number of rotatable bonds is 8. The lowest BCUT2D eigenvalue weighted by molar-refractivity contribution is 0.300. The maximum Gasteiger partial charge on any atom is 0.190 e. The minimum Gasteiger partial charge on any atom is -0.489 e. The van der Waals surface area contributed by atoms with Crippen LogP contribution in [-0.4, -0.2) is 11.9 Å². The molecule has 0 aliphatic carbocycles. The van der Waals surface area contributed by atoms with E-state index < -0.39 is 0 Å². The fourth-order valence-corrected chi connectivity index (χ4v) is 2.72. The number of ether oxygens (including phenoxy) is 2. The van der Waals surface area contributed by atoms with E-state index in [1.165, 1.54) is 0 Å². The van der Waals surface area contributed by atoms with Crippen molar-refractivity contribution in [1.29, 1.82) is 10.8 Å². The predicted molar refractivity (Wildman–Crippen MR) is 119 cm³/mol. The van der Waals surface area contributed by atoms with E-state index in [1.54, 1.807) is 24.3 Å². The minimum absolute atomic E-state index is 0.105. The van der Waals surface area contributed by atoms with Gasteiger partial charge in [0.2, 0.25) is 0 Å². The summed E-state index contributed by atoms with van der Waals surface area (Å²) < 4.78 is 11.7. The molecule has 0 saturated carbocycles. The Hall–Kier alpha value is -4.20. The first-order valence-electron chi connectivity index (χ1n) is 9.23. The van der Waals surface area contributed by atoms with Crippen molar-refractivity contribution >= 4 is 23.3 Å². The molecule has 8 N–H and O–H groups in total. The molecule has 0 aromatic heterocycles. The molecule has 8 heteroatoms. The standard InChI is InChI=1S/C22H24N6O2/c23-21(24)27-17-4-8-19(9-5-17)29-13-15-2-1-3-16(12-15)14-30-20-10-6-18(7-11-20)28-22(25)26/h1-12H,13-14H2,(H4,23,24,27)(H4,25,26,28). The van der Waals surface area contributed by atoms with Gasteiger partial charge in [-0.1, -0.05) is 18.2 Å². The number of hydrogen-bond acceptors (Lipinski definition) is 4. The Balaban J connectivity index is 1.52. The molecule has 0 atom stereocenters. The van der Waals surface area contributed by atoms with Gasteiger partial charge in [0, 0.05) is 11.4 Å². The Kier molecular flexibility index (Phi) is 6.73. The average molecular weight is 404 g/mol. The Morgan fingerprint density at radius 2 is 1.07 bits per heavy atom. The summed E-state index contributed by atoms with van der Waals surface area (Å²) in [6.45, 7) is 0.859. The minimum atomic E-state index is -0.105. The first-order chi connectivity index (χ1) is 14.5. The molecular weight excluding hydrogens is 380 g/mol. The predicted octanol–water partition coefficient (Wildman–Crippen LogP) is 3.46. The third-order valence-electron chi connectivity index (χ3n) is 4.07. The van der Waals surface area contributed by atoms with Crippen LogP contribution in [0.4, 0.5) is 11.4 Å². The molecule has 0 amide bonds. The zero-order chi connectivity index (χ0) is 21.3. The molecule has 0 fully saturated rings. The first kappa shape index (κ1) is 20.5. The molecule has 154 valence electrons. The summed E-state index contributed by atoms with van der Waals surface area (Å²) >= 11 is 0. The Morgan fingerprint density at radius 3 is 1.43 bits per heavy atom. The van der Waals surface area contributed by atoms with Crippen LogP contribution < -0.4 is 31.6 Å². The molecule has 0 saturated heterocycles. The fourth-order valence-electron chi connectivity index (χ4n) is 2.72. The van der Waals surface area contributed by atoms with Crippen LogP contribution in [0.15, 0.2) is 72.8 Å². The molecule has 0 bridgehead atoms. The quantitative estimate of drug-likeness (QED) is 0.251. The van der Waals surface area contributed by atoms with Crippen LogP contribution >= 0.6 is 0 Å². The van der Waals surface area contributed by atoms with E-state index in [4.69, 9.17) is 31.8 Å². The van der Waals surface area contributed by atoms with Gasteiger partial charge in [-0.25, -0.2) is 0 Å². The second-order valence-electron chi connectivity index (χ2n) is 6.52. The van der Waals surface area contributed by atoms with Crippen molar-refractivity contribution in [1.82, 2.24) is 0 Å². The molecule has 0 aliphatic rings. The van der Waals surface area contributed by atoms with E-state index in [2.05, 4.69) is 10.6 Å². The van der Waals surface area contributed by atoms with Crippen LogP contribution in [0.5, 0.6) is 11.5 Å². The van der Waals surface area contributed by atoms with Crippen LogP contribution in [0.2, 0.25) is 0 Å². The molecule has 0 heterocycles. The first-order valence-corrected chi connectivity index (χ1v) is 9.23. The third kappa shape index (κ3) is 6.45. The third-order valence-corrected chi connectivity index (χ3v) is 4.07. The van der Waals surface area contributed by atoms with Gasteiger partial charge in [-0.3, -0.25) is 10.8 Å². The van der Waals surface area contributed by atoms with Gasteiger partial charge in [0.05, 0.1) is 0 Å². The molecule has 0 unspecified atom stereocenters. The average Bonchev–Trinajstić information content (AvgIpc) is 2.72. The van der Waals surface area contributed by atoms with Crippen molar-refractivity contribution < 1.29 is 9.47 Å². The van der Waals surface area contributed by atoms with E-state index in [-0.39, 0.29) is 11.9 Å². The number of nitrogens with two attached hydrogens (primary N) is 2. The lowest BCUT2D eigenvalue weighted by atomic mass is 10.1. The van der Waals surface area contributed by atoms with Gasteiger partial charge in [-0.15, -0.1) is 0 Å². The molecule has 0 spiro atoms. The van der Waals surface area contributed by atoms with Crippen LogP contribution in [0, 0.1) is 10.8 Å². The monoisotopic (exact) mass is 404 g/mol. The molecule has 0 aliphatic heterocycles. The topological polar surface area (TPSA) is 142 Å². The van der Waals surface area contributed by atoms with Crippen molar-refractivity contribution in [3.8, 4) is 11.5 Å². The lowest BCUT2D eigenvalue weighted by Crippen LogP contribution is -2.20. The zero-order valence-corrected chi connectivity index (χ0v) is 16.3. The van der Waals surface area contributed by atoms with Gasteiger partial charge in [0.15, 0.2) is 11.9 Å². The highest BCUT2D eigenvalue weighted by Crippen LogP contribution is 2.19. The highest BCUT2D eigenvalue weighted by Gasteiger charge is 2.02. The van der Waals surface area contributed by atoms with Crippen molar-refractivity contribution in [2.45, 2.75) is 13.2 Å². The van der Waals surface area contributed by atoms with Crippen LogP contribution in [0.3, 0.4) is 0 Å². The largest absolute Gasteiger partial charge is 0.489 e. The van der Waals surface area contributed by atoms with Gasteiger partial charge in [0.1, 0.15) is 24.7 Å². The molecule has 30 heavy (non-hydrogen) atoms. The molecule has 3 rings (SSSR count). The van der Waals surface area contributed by atoms with E-state index in [0.717, 1.165) is 34.0 Å². The summed E-state index contributed by atoms with van der Waals surface area (Å²) in [6, 6.07) is 22.5. The molecular formula is C22H24N6O2. The van der Waals surface area contributed by atoms with Crippen molar-refractivity contribution in [3.63, 3.8) is 0 Å². The zero-order valence-electron chi connectivity index (χ0n) is 16.3. The van der Waals surface area contributed by atoms with Crippen molar-refractivity contribution in [2.24, 2.45) is 11.5 Å². The maximum absolute atomic E-state index is 7.23. The molecule has 8 nitrogen and oxygen atoms in total. The van der Waals surface area contributed by atoms with E-state index in [9.17, 15) is 0 Å². The van der Waals surface area contributed by atoms with Crippen LogP contribution in [0.25, 0.3) is 0 Å². The Labute approximate surface area is 174 Å². The maximum atomic E-state index is 7.23. The molecule has 3 aromatic rings. The highest BCUT2D eigenvalue weighted by molar-refractivity contribution is 5.90. The number of nitrogens with one attached hydrogen (secondary N) is 4. The van der Waals surface area contributed by atoms with E-state index in [1.807, 2.05) is 48.5 Å². The summed E-state index contributed by atoms with van der Waals surface area (Å²) in [5.74, 6) is 1.24. The number of benzene rings is 3. The van der Waals surface area contributed by atoms with Crippen molar-refractivity contribution in [2.75, 3.05) is 10.6 Å². The van der Waals surface area contributed by atoms with Gasteiger partial charge in [-0.2, -0.15) is 0 Å². The van der Waals surface area contributed by atoms with Gasteiger partial charge >= 0.3 is 0 Å². The smallest absolute Gasteiger partial charge is 0.190 e. The Bertz CT molecular complexity index is 924. The fraction of sp³-hybridized carbons (Fsp3) is 0.0909. The van der Waals surface area contributed by atoms with Gasteiger partial charge in [-0.05, 0) is 65.7 Å². The number of anilines is 2. The lowest BCUT2D eigenvalue weighted by Gasteiger charge is -2.11. The Morgan fingerprint density at radius 1 is 0.667 bits per heavy atom. The van der Waals surface area contributed by atoms with Crippen molar-refractivity contribution in [3.05, 3.63) is 83.9 Å². The summed E-state index contributed by atoms with van der Waals surface area (Å²) in [7, 11) is 0. The SMILES string of the molecule is N=C(N)Nc1ccc(OCc2cccc(COc3ccc(NC(=N)N)cc3)c2)cc1. The van der Waals surface area contributed by atoms with Gasteiger partial charge < -0.3 is 31.6 Å². The summed E-state index contributed by atoms with van der Waals surface area (Å²) in [4.78, 5) is 0. The van der Waals surface area contributed by atoms with E-state index >= 15 is 0 Å². The van der Waals surface area contributed by atoms with Gasteiger partial charge in [0.25, 0.3) is 0 Å². The highest BCUT2D eigenvalue weighted by atomic mass is 16.5. The van der Waals surface area contributed by atoms with Crippen LogP contribution in [0.1, 0.15) is 11.1 Å². The number of hydrogen-bond donors (Lipinski definition) is 6. The summed E-state index contributed by atoms with van der Waals surface area (Å²) in [5, 5.41) is 19.9. The second-order valence-corrected chi connectivity index (χ2v) is 6.52. The molecule has 0 radical (unpaired) electrons. The summed E-state index contributed by atoms with van der Waals surface area (Å²) in [5.41, 5.74) is 14.2. The molecule has 3 aromatic carbocycles. The second kappa shape index (κ2) is 9.83. The summed E-state index contributed by atoms with van der Waals surface area (Å²) in [6.07, 6.45) is 0. The normalized spacial score (nSPS) is 10.1. The number of guanidine groups is 2. The van der Waals surface area contributed by atoms with Crippen LogP contribution in [-0.2, 0) is 13.2 Å². The van der Waals surface area contributed by atoms with E-state index in [0.29, 0.717) is 13.2 Å².